The number of aromatic hydroxyl groups is 1. The summed E-state index contributed by atoms with van der Waals surface area (Å²) in [4.78, 5) is 12.5. The first-order valence-corrected chi connectivity index (χ1v) is 6.43. The molecule has 0 aromatic carbocycles. The van der Waals surface area contributed by atoms with Gasteiger partial charge in [-0.1, -0.05) is 0 Å². The Bertz CT molecular complexity index is 724. The number of nitrogens with zero attached hydrogens (tertiary/aromatic N) is 5. The highest BCUT2D eigenvalue weighted by atomic mass is 16.3. The Labute approximate surface area is 121 Å². The van der Waals surface area contributed by atoms with Gasteiger partial charge in [0, 0.05) is 5.69 Å². The van der Waals surface area contributed by atoms with Gasteiger partial charge < -0.3 is 10.4 Å². The zero-order valence-electron chi connectivity index (χ0n) is 11.4. The van der Waals surface area contributed by atoms with Crippen LogP contribution in [0, 0.1) is 6.92 Å². The Morgan fingerprint density at radius 3 is 2.86 bits per heavy atom. The molecule has 0 amide bonds. The number of aromatic nitrogens is 5. The van der Waals surface area contributed by atoms with E-state index in [9.17, 15) is 5.11 Å². The summed E-state index contributed by atoms with van der Waals surface area (Å²) in [6.45, 7) is 2.31. The van der Waals surface area contributed by atoms with Crippen LogP contribution in [0.1, 0.15) is 11.4 Å². The van der Waals surface area contributed by atoms with Crippen LogP contribution in [0.25, 0.3) is 5.82 Å². The van der Waals surface area contributed by atoms with Crippen molar-refractivity contribution < 1.29 is 5.11 Å². The smallest absolute Gasteiger partial charge is 0.155 e. The van der Waals surface area contributed by atoms with E-state index in [-0.39, 0.29) is 5.75 Å². The second-order valence-electron chi connectivity index (χ2n) is 4.52. The molecule has 0 fully saturated rings. The van der Waals surface area contributed by atoms with Crippen molar-refractivity contribution in [3.63, 3.8) is 0 Å². The molecular weight excluding hydrogens is 268 g/mol. The highest BCUT2D eigenvalue weighted by Crippen LogP contribution is 2.16. The lowest BCUT2D eigenvalue weighted by Crippen LogP contribution is -2.04. The van der Waals surface area contributed by atoms with Crippen molar-refractivity contribution in [1.29, 1.82) is 0 Å². The Morgan fingerprint density at radius 1 is 1.24 bits per heavy atom. The highest BCUT2D eigenvalue weighted by Gasteiger charge is 2.04. The van der Waals surface area contributed by atoms with Crippen molar-refractivity contribution in [3.8, 4) is 11.6 Å². The maximum absolute atomic E-state index is 9.75. The lowest BCUT2D eigenvalue weighted by Gasteiger charge is -2.08. The largest absolute Gasteiger partial charge is 0.506 e. The number of rotatable bonds is 4. The standard InChI is InChI=1S/C14H14N6O/c1-10-2-4-13(21)12(19-10)7-16-11-3-5-14(17-6-11)20-9-15-8-18-20/h2-6,8-9,16,21H,7H2,1H3. The fourth-order valence-electron chi connectivity index (χ4n) is 1.87. The molecule has 0 aliphatic heterocycles. The molecule has 2 N–H and O–H groups in total. The summed E-state index contributed by atoms with van der Waals surface area (Å²) in [7, 11) is 0. The van der Waals surface area contributed by atoms with Gasteiger partial charge in [-0.15, -0.1) is 0 Å². The van der Waals surface area contributed by atoms with Gasteiger partial charge in [0.05, 0.1) is 18.4 Å². The zero-order chi connectivity index (χ0) is 14.7. The second-order valence-corrected chi connectivity index (χ2v) is 4.52. The summed E-state index contributed by atoms with van der Waals surface area (Å²) in [6, 6.07) is 7.14. The summed E-state index contributed by atoms with van der Waals surface area (Å²) in [5.74, 6) is 0.870. The Hall–Kier alpha value is -2.96. The van der Waals surface area contributed by atoms with Gasteiger partial charge in [-0.2, -0.15) is 5.10 Å². The van der Waals surface area contributed by atoms with Crippen LogP contribution in [0.4, 0.5) is 5.69 Å². The number of pyridine rings is 2. The van der Waals surface area contributed by atoms with Crippen molar-refractivity contribution in [2.45, 2.75) is 13.5 Å². The van der Waals surface area contributed by atoms with E-state index in [1.807, 2.05) is 19.1 Å². The van der Waals surface area contributed by atoms with E-state index in [0.717, 1.165) is 11.4 Å². The van der Waals surface area contributed by atoms with Gasteiger partial charge in [-0.05, 0) is 31.2 Å². The molecule has 0 bridgehead atoms. The number of anilines is 1. The van der Waals surface area contributed by atoms with E-state index in [4.69, 9.17) is 0 Å². The third kappa shape index (κ3) is 2.97. The molecule has 106 valence electrons. The number of aryl methyl sites for hydroxylation is 1. The molecule has 21 heavy (non-hydrogen) atoms. The highest BCUT2D eigenvalue weighted by molar-refractivity contribution is 5.44. The molecule has 3 rings (SSSR count). The van der Waals surface area contributed by atoms with Crippen LogP contribution in [0.15, 0.2) is 43.1 Å². The van der Waals surface area contributed by atoms with Crippen LogP contribution in [0.5, 0.6) is 5.75 Å². The van der Waals surface area contributed by atoms with Crippen molar-refractivity contribution >= 4 is 5.69 Å². The number of hydrogen-bond acceptors (Lipinski definition) is 6. The van der Waals surface area contributed by atoms with Gasteiger partial charge in [0.2, 0.25) is 0 Å². The zero-order valence-corrected chi connectivity index (χ0v) is 11.4. The van der Waals surface area contributed by atoms with Gasteiger partial charge in [-0.25, -0.2) is 14.6 Å². The van der Waals surface area contributed by atoms with E-state index < -0.39 is 0 Å². The summed E-state index contributed by atoms with van der Waals surface area (Å²) in [6.07, 6.45) is 4.74. The maximum Gasteiger partial charge on any atom is 0.155 e. The molecule has 3 aromatic heterocycles. The Morgan fingerprint density at radius 2 is 2.14 bits per heavy atom. The van der Waals surface area contributed by atoms with Crippen molar-refractivity contribution in [2.24, 2.45) is 0 Å². The topological polar surface area (TPSA) is 88.8 Å². The number of nitrogens with one attached hydrogen (secondary N) is 1. The third-order valence-electron chi connectivity index (χ3n) is 2.95. The predicted molar refractivity (Wildman–Crippen MR) is 77.1 cm³/mol. The molecule has 3 heterocycles. The van der Waals surface area contributed by atoms with Gasteiger partial charge in [0.1, 0.15) is 24.1 Å². The summed E-state index contributed by atoms with van der Waals surface area (Å²) in [5, 5.41) is 16.9. The normalized spacial score (nSPS) is 10.5. The average Bonchev–Trinajstić information content (AvgIpc) is 3.03. The van der Waals surface area contributed by atoms with Crippen LogP contribution in [0.2, 0.25) is 0 Å². The SMILES string of the molecule is Cc1ccc(O)c(CNc2ccc(-n3cncn3)nc2)n1. The molecule has 7 nitrogen and oxygen atoms in total. The monoisotopic (exact) mass is 282 g/mol. The second kappa shape index (κ2) is 5.58. The van der Waals surface area contributed by atoms with Crippen LogP contribution in [-0.2, 0) is 6.54 Å². The molecule has 0 saturated heterocycles. The minimum atomic E-state index is 0.181. The molecule has 0 aliphatic carbocycles. The van der Waals surface area contributed by atoms with Gasteiger partial charge in [-0.3, -0.25) is 4.98 Å². The van der Waals surface area contributed by atoms with E-state index in [0.29, 0.717) is 18.1 Å². The van der Waals surface area contributed by atoms with Crippen LogP contribution in [0.3, 0.4) is 0 Å². The third-order valence-corrected chi connectivity index (χ3v) is 2.95. The Balaban J connectivity index is 1.70. The summed E-state index contributed by atoms with van der Waals surface area (Å²) < 4.78 is 1.58. The lowest BCUT2D eigenvalue weighted by atomic mass is 10.2. The van der Waals surface area contributed by atoms with Crippen molar-refractivity contribution in [2.75, 3.05) is 5.32 Å². The van der Waals surface area contributed by atoms with Crippen molar-refractivity contribution in [3.05, 3.63) is 54.5 Å². The van der Waals surface area contributed by atoms with E-state index in [2.05, 4.69) is 25.4 Å². The molecular formula is C14H14N6O. The summed E-state index contributed by atoms with van der Waals surface area (Å²) in [5.41, 5.74) is 2.31. The quantitative estimate of drug-likeness (QED) is 0.757. The van der Waals surface area contributed by atoms with E-state index in [1.54, 1.807) is 29.3 Å². The molecule has 0 atom stereocenters. The van der Waals surface area contributed by atoms with Crippen molar-refractivity contribution in [1.82, 2.24) is 24.7 Å². The van der Waals surface area contributed by atoms with Gasteiger partial charge in [0.25, 0.3) is 0 Å². The molecule has 0 radical (unpaired) electrons. The fourth-order valence-corrected chi connectivity index (χ4v) is 1.87. The predicted octanol–water partition coefficient (Wildman–Crippen LogP) is 1.68. The van der Waals surface area contributed by atoms with Gasteiger partial charge >= 0.3 is 0 Å². The van der Waals surface area contributed by atoms with Crippen LogP contribution in [-0.4, -0.2) is 29.8 Å². The first kappa shape index (κ1) is 13.0. The minimum absolute atomic E-state index is 0.181. The lowest BCUT2D eigenvalue weighted by molar-refractivity contribution is 0.464. The first-order valence-electron chi connectivity index (χ1n) is 6.43. The molecule has 0 unspecified atom stereocenters. The molecule has 7 heteroatoms. The maximum atomic E-state index is 9.75. The van der Waals surface area contributed by atoms with Crippen LogP contribution >= 0.6 is 0 Å². The average molecular weight is 282 g/mol. The molecule has 0 spiro atoms. The summed E-state index contributed by atoms with van der Waals surface area (Å²) >= 11 is 0. The fraction of sp³-hybridized carbons (Fsp3) is 0.143. The van der Waals surface area contributed by atoms with Gasteiger partial charge in [0.15, 0.2) is 5.82 Å². The minimum Gasteiger partial charge on any atom is -0.506 e. The first-order chi connectivity index (χ1) is 10.2. The van der Waals surface area contributed by atoms with E-state index >= 15 is 0 Å². The van der Waals surface area contributed by atoms with Crippen LogP contribution < -0.4 is 5.32 Å². The molecule has 0 saturated carbocycles. The Kier molecular flexibility index (Phi) is 3.46. The number of hydrogen-bond donors (Lipinski definition) is 2. The van der Waals surface area contributed by atoms with E-state index in [1.165, 1.54) is 6.33 Å². The molecule has 3 aromatic rings. The molecule has 0 aliphatic rings.